The number of unbranched alkanes of at least 4 members (excludes halogenated alkanes) is 4. The predicted molar refractivity (Wildman–Crippen MR) is 99.3 cm³/mol. The molecule has 0 unspecified atom stereocenters. The summed E-state index contributed by atoms with van der Waals surface area (Å²) < 4.78 is 1.67. The second-order valence-electron chi connectivity index (χ2n) is 4.45. The zero-order valence-corrected chi connectivity index (χ0v) is 16.2. The monoisotopic (exact) mass is 515 g/mol. The molecule has 0 bridgehead atoms. The van der Waals surface area contributed by atoms with Crippen LogP contribution < -0.4 is 0 Å². The van der Waals surface area contributed by atoms with Crippen LogP contribution in [0.25, 0.3) is 0 Å². The van der Waals surface area contributed by atoms with Crippen LogP contribution in [-0.2, 0) is 4.79 Å². The van der Waals surface area contributed by atoms with Gasteiger partial charge in [-0.2, -0.15) is 5.26 Å². The average molecular weight is 515 g/mol. The number of hydrogen-bond donors (Lipinski definition) is 2. The van der Waals surface area contributed by atoms with E-state index in [1.54, 1.807) is 6.07 Å². The number of nitrogens with zero attached hydrogens (tertiary/aromatic N) is 1. The van der Waals surface area contributed by atoms with Gasteiger partial charge in [0.15, 0.2) is 0 Å². The Morgan fingerprint density at radius 2 is 1.86 bits per heavy atom. The van der Waals surface area contributed by atoms with E-state index in [9.17, 15) is 9.90 Å². The fourth-order valence-electron chi connectivity index (χ4n) is 1.53. The molecule has 0 aliphatic carbocycles. The van der Waals surface area contributed by atoms with Gasteiger partial charge in [0.2, 0.25) is 0 Å². The van der Waals surface area contributed by atoms with Gasteiger partial charge < -0.3 is 10.2 Å². The quantitative estimate of drug-likeness (QED) is 0.417. The van der Waals surface area contributed by atoms with Crippen molar-refractivity contribution in [2.75, 3.05) is 0 Å². The number of phenolic OH excluding ortho intramolecular Hbond substituents is 1. The maximum absolute atomic E-state index is 10.0. The van der Waals surface area contributed by atoms with Gasteiger partial charge in [0.25, 0.3) is 0 Å². The molecular formula is C15H19I2NO3. The number of phenols is 1. The van der Waals surface area contributed by atoms with E-state index in [0.717, 1.165) is 16.4 Å². The van der Waals surface area contributed by atoms with Crippen LogP contribution in [0.2, 0.25) is 0 Å². The second-order valence-corrected chi connectivity index (χ2v) is 6.86. The van der Waals surface area contributed by atoms with Crippen LogP contribution in [0.5, 0.6) is 5.75 Å². The molecule has 2 N–H and O–H groups in total. The SMILES string of the molecule is CCCCCCCC(=O)O.N#Cc1cc(I)cc(I)c1O. The highest BCUT2D eigenvalue weighted by molar-refractivity contribution is 14.1. The minimum absolute atomic E-state index is 0.0773. The van der Waals surface area contributed by atoms with Crippen molar-refractivity contribution in [3.63, 3.8) is 0 Å². The molecule has 0 heterocycles. The first-order chi connectivity index (χ1) is 9.92. The van der Waals surface area contributed by atoms with Crippen molar-refractivity contribution in [3.05, 3.63) is 24.8 Å². The van der Waals surface area contributed by atoms with Crippen LogP contribution in [-0.4, -0.2) is 16.2 Å². The Labute approximate surface area is 152 Å². The summed E-state index contributed by atoms with van der Waals surface area (Å²) in [5.41, 5.74) is 0.335. The fraction of sp³-hybridized carbons (Fsp3) is 0.467. The third-order valence-corrected chi connectivity index (χ3v) is 4.09. The van der Waals surface area contributed by atoms with Crippen LogP contribution in [0, 0.1) is 18.5 Å². The highest BCUT2D eigenvalue weighted by atomic mass is 127. The number of carboxylic acid groups (broad SMARTS) is 1. The van der Waals surface area contributed by atoms with E-state index in [4.69, 9.17) is 10.4 Å². The van der Waals surface area contributed by atoms with Gasteiger partial charge in [-0.1, -0.05) is 32.6 Å². The minimum atomic E-state index is -0.670. The lowest BCUT2D eigenvalue weighted by Gasteiger charge is -1.99. The van der Waals surface area contributed by atoms with E-state index in [-0.39, 0.29) is 5.75 Å². The van der Waals surface area contributed by atoms with E-state index in [1.807, 2.05) is 34.7 Å². The van der Waals surface area contributed by atoms with Crippen molar-refractivity contribution in [3.8, 4) is 11.8 Å². The number of rotatable bonds is 6. The lowest BCUT2D eigenvalue weighted by Crippen LogP contribution is -1.93. The highest BCUT2D eigenvalue weighted by Gasteiger charge is 2.05. The zero-order valence-electron chi connectivity index (χ0n) is 11.9. The Morgan fingerprint density at radius 1 is 1.24 bits per heavy atom. The van der Waals surface area contributed by atoms with Gasteiger partial charge in [0.1, 0.15) is 11.8 Å². The number of nitriles is 1. The van der Waals surface area contributed by atoms with E-state index in [0.29, 0.717) is 15.6 Å². The molecule has 0 radical (unpaired) electrons. The van der Waals surface area contributed by atoms with E-state index < -0.39 is 5.97 Å². The molecule has 1 aromatic rings. The number of aliphatic carboxylic acids is 1. The van der Waals surface area contributed by atoms with Crippen LogP contribution >= 0.6 is 45.2 Å². The Morgan fingerprint density at radius 3 is 2.38 bits per heavy atom. The number of halogens is 2. The maximum atomic E-state index is 10.0. The minimum Gasteiger partial charge on any atom is -0.505 e. The maximum Gasteiger partial charge on any atom is 0.303 e. The molecule has 0 atom stereocenters. The fourth-order valence-corrected chi connectivity index (χ4v) is 3.38. The third kappa shape index (κ3) is 9.90. The van der Waals surface area contributed by atoms with Gasteiger partial charge in [0, 0.05) is 9.99 Å². The smallest absolute Gasteiger partial charge is 0.303 e. The molecule has 1 aromatic carbocycles. The van der Waals surface area contributed by atoms with Crippen molar-refractivity contribution in [1.29, 1.82) is 5.26 Å². The standard InChI is InChI=1S/C8H16O2.C7H3I2NO/c1-2-3-4-5-6-7-8(9)10;8-5-1-4(3-10)7(11)6(9)2-5/h2-7H2,1H3,(H,9,10);1-2,11H. The van der Waals surface area contributed by atoms with E-state index >= 15 is 0 Å². The Kier molecular flexibility index (Phi) is 11.7. The summed E-state index contributed by atoms with van der Waals surface area (Å²) in [6.07, 6.45) is 5.88. The van der Waals surface area contributed by atoms with Crippen molar-refractivity contribution >= 4 is 51.2 Å². The largest absolute Gasteiger partial charge is 0.505 e. The van der Waals surface area contributed by atoms with Crippen molar-refractivity contribution in [1.82, 2.24) is 0 Å². The predicted octanol–water partition coefficient (Wildman–Crippen LogP) is 4.90. The number of carboxylic acids is 1. The molecule has 0 aliphatic heterocycles. The normalized spacial score (nSPS) is 9.43. The Balaban J connectivity index is 0.000000384. The van der Waals surface area contributed by atoms with Crippen LogP contribution in [0.3, 0.4) is 0 Å². The zero-order chi connectivity index (χ0) is 16.3. The Hall–Kier alpha value is -0.560. The van der Waals surface area contributed by atoms with Crippen molar-refractivity contribution < 1.29 is 15.0 Å². The molecule has 0 aliphatic rings. The van der Waals surface area contributed by atoms with Crippen LogP contribution in [0.15, 0.2) is 12.1 Å². The number of hydrogen-bond acceptors (Lipinski definition) is 3. The summed E-state index contributed by atoms with van der Waals surface area (Å²) in [5.74, 6) is -0.593. The first-order valence-corrected chi connectivity index (χ1v) is 8.88. The summed E-state index contributed by atoms with van der Waals surface area (Å²) in [6.45, 7) is 2.15. The highest BCUT2D eigenvalue weighted by Crippen LogP contribution is 2.25. The molecule has 4 nitrogen and oxygen atoms in total. The number of aromatic hydroxyl groups is 1. The number of benzene rings is 1. The molecular weight excluding hydrogens is 496 g/mol. The molecule has 0 spiro atoms. The summed E-state index contributed by atoms with van der Waals surface area (Å²) in [7, 11) is 0. The topological polar surface area (TPSA) is 81.3 Å². The summed E-state index contributed by atoms with van der Waals surface area (Å²) >= 11 is 4.10. The lowest BCUT2D eigenvalue weighted by atomic mass is 10.1. The summed E-state index contributed by atoms with van der Waals surface area (Å²) in [4.78, 5) is 10.0. The van der Waals surface area contributed by atoms with Crippen LogP contribution in [0.1, 0.15) is 51.0 Å². The molecule has 0 fully saturated rings. The van der Waals surface area contributed by atoms with Crippen molar-refractivity contribution in [2.45, 2.75) is 45.4 Å². The molecule has 116 valence electrons. The van der Waals surface area contributed by atoms with Gasteiger partial charge in [-0.15, -0.1) is 0 Å². The molecule has 0 amide bonds. The number of carbonyl (C=O) groups is 1. The molecule has 0 saturated heterocycles. The molecule has 6 heteroatoms. The first-order valence-electron chi connectivity index (χ1n) is 6.72. The van der Waals surface area contributed by atoms with Gasteiger partial charge in [-0.25, -0.2) is 0 Å². The molecule has 0 aromatic heterocycles. The first kappa shape index (κ1) is 20.4. The average Bonchev–Trinajstić information content (AvgIpc) is 2.43. The van der Waals surface area contributed by atoms with Gasteiger partial charge >= 0.3 is 5.97 Å². The third-order valence-electron chi connectivity index (χ3n) is 2.64. The second kappa shape index (κ2) is 12.0. The summed E-state index contributed by atoms with van der Waals surface area (Å²) in [6, 6.07) is 5.38. The Bertz CT molecular complexity index is 498. The molecule has 21 heavy (non-hydrogen) atoms. The van der Waals surface area contributed by atoms with Crippen molar-refractivity contribution in [2.24, 2.45) is 0 Å². The van der Waals surface area contributed by atoms with Gasteiger partial charge in [-0.3, -0.25) is 4.79 Å². The van der Waals surface area contributed by atoms with Gasteiger partial charge in [0.05, 0.1) is 9.13 Å². The van der Waals surface area contributed by atoms with E-state index in [1.165, 1.54) is 19.3 Å². The van der Waals surface area contributed by atoms with E-state index in [2.05, 4.69) is 29.5 Å². The van der Waals surface area contributed by atoms with Gasteiger partial charge in [-0.05, 0) is 63.7 Å². The molecule has 1 rings (SSSR count). The van der Waals surface area contributed by atoms with Crippen LogP contribution in [0.4, 0.5) is 0 Å². The summed E-state index contributed by atoms with van der Waals surface area (Å²) in [5, 5.41) is 26.1. The lowest BCUT2D eigenvalue weighted by molar-refractivity contribution is -0.137. The molecule has 0 saturated carbocycles.